The fourth-order valence-electron chi connectivity index (χ4n) is 4.28. The number of ether oxygens (including phenoxy) is 1. The Hall–Kier alpha value is -2.96. The zero-order valence-corrected chi connectivity index (χ0v) is 24.8. The van der Waals surface area contributed by atoms with Gasteiger partial charge in [0.1, 0.15) is 5.60 Å². The maximum Gasteiger partial charge on any atom is 0.410 e. The van der Waals surface area contributed by atoms with Crippen molar-refractivity contribution >= 4 is 50.7 Å². The van der Waals surface area contributed by atoms with Crippen molar-refractivity contribution in [2.75, 3.05) is 29.3 Å². The first-order valence-electron chi connectivity index (χ1n) is 12.7. The Morgan fingerprint density at radius 2 is 1.95 bits per heavy atom. The van der Waals surface area contributed by atoms with Gasteiger partial charge in [0.05, 0.1) is 37.7 Å². The quantitative estimate of drug-likeness (QED) is 0.352. The number of nitrogens with zero attached hydrogens (tertiary/aromatic N) is 4. The van der Waals surface area contributed by atoms with Crippen molar-refractivity contribution < 1.29 is 17.9 Å². The van der Waals surface area contributed by atoms with Crippen LogP contribution in [0.2, 0.25) is 5.02 Å². The number of benzene rings is 1. The Balaban J connectivity index is 1.68. The predicted octanol–water partition coefficient (Wildman–Crippen LogP) is 5.77. The highest BCUT2D eigenvalue weighted by molar-refractivity contribution is 7.92. The maximum atomic E-state index is 12.5. The van der Waals surface area contributed by atoms with Gasteiger partial charge >= 0.3 is 6.09 Å². The van der Waals surface area contributed by atoms with E-state index in [1.165, 1.54) is 11.3 Å². The zero-order valence-electron chi connectivity index (χ0n) is 22.4. The molecule has 1 aliphatic rings. The fraction of sp³-hybridized carbons (Fsp3) is 0.462. The number of hydrogen-bond acceptors (Lipinski definition) is 9. The summed E-state index contributed by atoms with van der Waals surface area (Å²) in [5.41, 5.74) is 7.38. The molecule has 2 aromatic heterocycles. The van der Waals surface area contributed by atoms with Crippen LogP contribution in [0.15, 0.2) is 30.5 Å². The van der Waals surface area contributed by atoms with Gasteiger partial charge in [-0.05, 0) is 52.2 Å². The van der Waals surface area contributed by atoms with Crippen LogP contribution in [0.1, 0.15) is 57.9 Å². The molecule has 0 unspecified atom stereocenters. The van der Waals surface area contributed by atoms with Crippen molar-refractivity contribution in [3.63, 3.8) is 0 Å². The van der Waals surface area contributed by atoms with Gasteiger partial charge in [0, 0.05) is 30.8 Å². The third kappa shape index (κ3) is 7.17. The Morgan fingerprint density at radius 3 is 2.59 bits per heavy atom. The summed E-state index contributed by atoms with van der Waals surface area (Å²) in [5.74, 6) is 0.235. The number of amides is 1. The first-order valence-corrected chi connectivity index (χ1v) is 15.6. The predicted molar refractivity (Wildman–Crippen MR) is 155 cm³/mol. The molecule has 210 valence electrons. The number of halogens is 1. The van der Waals surface area contributed by atoms with Crippen LogP contribution in [0.4, 0.5) is 16.4 Å². The molecule has 13 heteroatoms. The van der Waals surface area contributed by atoms with Crippen LogP contribution in [0, 0.1) is 0 Å². The van der Waals surface area contributed by atoms with E-state index in [2.05, 4.69) is 14.7 Å². The zero-order chi connectivity index (χ0) is 28.4. The number of nitrogens with one attached hydrogen (secondary N) is 1. The highest BCUT2D eigenvalue weighted by Gasteiger charge is 2.30. The SMILES string of the molecule is CCCS(=O)(=O)Nc1cccc(-c2nc(C3CCN(C(=O)OC(C)(C)C)CC3)sc2-c2ccnc(N)n2)c1Cl. The smallest absolute Gasteiger partial charge is 0.410 e. The molecule has 1 saturated heterocycles. The largest absolute Gasteiger partial charge is 0.444 e. The Morgan fingerprint density at radius 1 is 1.23 bits per heavy atom. The summed E-state index contributed by atoms with van der Waals surface area (Å²) in [7, 11) is -3.54. The second-order valence-corrected chi connectivity index (χ2v) is 13.6. The molecule has 1 fully saturated rings. The van der Waals surface area contributed by atoms with E-state index in [0.717, 1.165) is 22.7 Å². The van der Waals surface area contributed by atoms with Crippen LogP contribution in [-0.2, 0) is 14.8 Å². The lowest BCUT2D eigenvalue weighted by atomic mass is 9.98. The lowest BCUT2D eigenvalue weighted by Crippen LogP contribution is -2.41. The molecule has 0 radical (unpaired) electrons. The van der Waals surface area contributed by atoms with Gasteiger partial charge in [-0.25, -0.2) is 28.2 Å². The Labute approximate surface area is 238 Å². The number of nitrogens with two attached hydrogens (primary N) is 1. The van der Waals surface area contributed by atoms with Crippen molar-refractivity contribution in [2.45, 2.75) is 58.5 Å². The van der Waals surface area contributed by atoms with Gasteiger partial charge in [-0.2, -0.15) is 0 Å². The van der Waals surface area contributed by atoms with E-state index in [1.54, 1.807) is 42.3 Å². The van der Waals surface area contributed by atoms with E-state index >= 15 is 0 Å². The molecule has 0 atom stereocenters. The van der Waals surface area contributed by atoms with Crippen LogP contribution >= 0.6 is 22.9 Å². The van der Waals surface area contributed by atoms with Crippen molar-refractivity contribution in [1.82, 2.24) is 19.9 Å². The molecule has 1 aliphatic heterocycles. The molecule has 10 nitrogen and oxygen atoms in total. The summed E-state index contributed by atoms with van der Waals surface area (Å²) < 4.78 is 33.0. The minimum absolute atomic E-state index is 0.0120. The number of aromatic nitrogens is 3. The highest BCUT2D eigenvalue weighted by atomic mass is 35.5. The molecule has 39 heavy (non-hydrogen) atoms. The summed E-state index contributed by atoms with van der Waals surface area (Å²) in [6, 6.07) is 6.92. The number of rotatable bonds is 7. The van der Waals surface area contributed by atoms with Gasteiger partial charge in [0.25, 0.3) is 0 Å². The molecule has 0 saturated carbocycles. The lowest BCUT2D eigenvalue weighted by Gasteiger charge is -2.32. The fourth-order valence-corrected chi connectivity index (χ4v) is 6.97. The second-order valence-electron chi connectivity index (χ2n) is 10.4. The first-order chi connectivity index (χ1) is 18.4. The minimum Gasteiger partial charge on any atom is -0.444 e. The van der Waals surface area contributed by atoms with Gasteiger partial charge < -0.3 is 15.4 Å². The van der Waals surface area contributed by atoms with Crippen molar-refractivity contribution in [3.8, 4) is 21.8 Å². The van der Waals surface area contributed by atoms with Crippen LogP contribution in [0.25, 0.3) is 21.8 Å². The molecular formula is C26H33ClN6O4S2. The second kappa shape index (κ2) is 11.6. The number of likely N-dealkylation sites (tertiary alicyclic amines) is 1. The number of sulfonamides is 1. The summed E-state index contributed by atoms with van der Waals surface area (Å²) in [4.78, 5) is 28.4. The summed E-state index contributed by atoms with van der Waals surface area (Å²) >= 11 is 8.25. The van der Waals surface area contributed by atoms with Gasteiger partial charge in [-0.3, -0.25) is 4.72 Å². The molecule has 3 heterocycles. The molecule has 0 aliphatic carbocycles. The van der Waals surface area contributed by atoms with Crippen LogP contribution in [0.3, 0.4) is 0 Å². The Bertz CT molecular complexity index is 1450. The Kier molecular flexibility index (Phi) is 8.67. The van der Waals surface area contributed by atoms with Crippen molar-refractivity contribution in [3.05, 3.63) is 40.5 Å². The minimum atomic E-state index is -3.54. The molecule has 1 aromatic carbocycles. The van der Waals surface area contributed by atoms with E-state index in [4.69, 9.17) is 27.1 Å². The van der Waals surface area contributed by atoms with E-state index in [-0.39, 0.29) is 34.4 Å². The molecule has 4 rings (SSSR count). The topological polar surface area (TPSA) is 140 Å². The van der Waals surface area contributed by atoms with Crippen LogP contribution in [0.5, 0.6) is 0 Å². The van der Waals surface area contributed by atoms with E-state index in [0.29, 0.717) is 36.5 Å². The molecule has 0 bridgehead atoms. The molecule has 0 spiro atoms. The number of hydrogen-bond donors (Lipinski definition) is 2. The number of piperidine rings is 1. The summed E-state index contributed by atoms with van der Waals surface area (Å²) in [5, 5.41) is 1.13. The monoisotopic (exact) mass is 592 g/mol. The number of nitrogen functional groups attached to an aromatic ring is 1. The normalized spacial score (nSPS) is 14.8. The summed E-state index contributed by atoms with van der Waals surface area (Å²) in [6.45, 7) is 8.46. The van der Waals surface area contributed by atoms with Crippen LogP contribution in [-0.4, -0.2) is 58.8 Å². The molecule has 3 N–H and O–H groups in total. The lowest BCUT2D eigenvalue weighted by molar-refractivity contribution is 0.0205. The average Bonchev–Trinajstić information content (AvgIpc) is 3.29. The van der Waals surface area contributed by atoms with Crippen molar-refractivity contribution in [1.29, 1.82) is 0 Å². The van der Waals surface area contributed by atoms with Gasteiger partial charge in [-0.1, -0.05) is 30.7 Å². The summed E-state index contributed by atoms with van der Waals surface area (Å²) in [6.07, 6.45) is 3.20. The number of carbonyl (C=O) groups excluding carboxylic acids is 1. The van der Waals surface area contributed by atoms with Gasteiger partial charge in [0.15, 0.2) is 0 Å². The third-order valence-corrected chi connectivity index (χ3v) is 9.16. The first kappa shape index (κ1) is 29.0. The average molecular weight is 593 g/mol. The molecule has 3 aromatic rings. The molecule has 1 amide bonds. The van der Waals surface area contributed by atoms with E-state index in [1.807, 2.05) is 20.8 Å². The number of anilines is 2. The van der Waals surface area contributed by atoms with E-state index < -0.39 is 15.6 Å². The number of carbonyl (C=O) groups is 1. The molecular weight excluding hydrogens is 560 g/mol. The van der Waals surface area contributed by atoms with Crippen molar-refractivity contribution in [2.24, 2.45) is 0 Å². The highest BCUT2D eigenvalue weighted by Crippen LogP contribution is 2.44. The third-order valence-electron chi connectivity index (χ3n) is 6.04. The van der Waals surface area contributed by atoms with Gasteiger partial charge in [-0.15, -0.1) is 11.3 Å². The number of thiazole rings is 1. The maximum absolute atomic E-state index is 12.5. The van der Waals surface area contributed by atoms with Crippen LogP contribution < -0.4 is 10.5 Å². The standard InChI is InChI=1S/C26H33ClN6O4S2/c1-5-15-39(35,36)32-18-8-6-7-17(20(18)27)21-22(19-9-12-29-24(28)30-19)38-23(31-21)16-10-13-33(14-11-16)25(34)37-26(2,3)4/h6-9,12,16,32H,5,10-11,13-15H2,1-4H3,(H2,28,29,30). The van der Waals surface area contributed by atoms with E-state index in [9.17, 15) is 13.2 Å². The van der Waals surface area contributed by atoms with Gasteiger partial charge in [0.2, 0.25) is 16.0 Å².